The van der Waals surface area contributed by atoms with Gasteiger partial charge in [0.1, 0.15) is 12.1 Å². The number of carbonyl (C=O) groups excluding carboxylic acids is 4. The standard InChI is InChI=1S/C17H27N7O6S/c1-31-3-2-11(17(29)30)24-16(28)12(5-13(19)25)23-14(26)7-21-15(27)10(18)4-9-6-20-8-22-9/h6,8,10-12H,2-5,7,18H2,1H3,(H2,19,25)(H,20,22)(H,21,27)(H,23,26)(H,24,28)(H,29,30). The molecular weight excluding hydrogens is 430 g/mol. The number of aromatic nitrogens is 2. The number of hydrogen-bond acceptors (Lipinski definition) is 8. The Balaban J connectivity index is 2.61. The van der Waals surface area contributed by atoms with Crippen LogP contribution in [0, 0.1) is 0 Å². The Hall–Kier alpha value is -3.13. The molecule has 0 saturated heterocycles. The largest absolute Gasteiger partial charge is 0.480 e. The fourth-order valence-corrected chi connectivity index (χ4v) is 2.92. The van der Waals surface area contributed by atoms with E-state index in [1.807, 2.05) is 0 Å². The summed E-state index contributed by atoms with van der Waals surface area (Å²) >= 11 is 1.40. The number of aromatic amines is 1. The maximum Gasteiger partial charge on any atom is 0.326 e. The number of carbonyl (C=O) groups is 5. The molecule has 0 aliphatic carbocycles. The highest BCUT2D eigenvalue weighted by atomic mass is 32.2. The van der Waals surface area contributed by atoms with Gasteiger partial charge in [-0.15, -0.1) is 0 Å². The molecule has 9 N–H and O–H groups in total. The van der Waals surface area contributed by atoms with E-state index in [0.717, 1.165) is 0 Å². The first-order valence-corrected chi connectivity index (χ1v) is 10.6. The Morgan fingerprint density at radius 3 is 2.45 bits per heavy atom. The van der Waals surface area contributed by atoms with Crippen LogP contribution in [0.3, 0.4) is 0 Å². The van der Waals surface area contributed by atoms with E-state index >= 15 is 0 Å². The van der Waals surface area contributed by atoms with Crippen LogP contribution in [0.1, 0.15) is 18.5 Å². The van der Waals surface area contributed by atoms with E-state index in [-0.39, 0.29) is 12.8 Å². The minimum absolute atomic E-state index is 0.157. The molecule has 13 nitrogen and oxygen atoms in total. The van der Waals surface area contributed by atoms with Crippen molar-refractivity contribution in [2.24, 2.45) is 11.5 Å². The lowest BCUT2D eigenvalue weighted by Gasteiger charge is -2.21. The summed E-state index contributed by atoms with van der Waals surface area (Å²) in [5.74, 6) is -3.90. The van der Waals surface area contributed by atoms with Gasteiger partial charge in [0.05, 0.1) is 25.3 Å². The molecule has 0 aromatic carbocycles. The van der Waals surface area contributed by atoms with Gasteiger partial charge < -0.3 is 37.5 Å². The zero-order chi connectivity index (χ0) is 23.4. The predicted molar refractivity (Wildman–Crippen MR) is 112 cm³/mol. The third-order valence-corrected chi connectivity index (χ3v) is 4.68. The van der Waals surface area contributed by atoms with Crippen molar-refractivity contribution in [1.82, 2.24) is 25.9 Å². The van der Waals surface area contributed by atoms with Crippen molar-refractivity contribution in [2.75, 3.05) is 18.6 Å². The second kappa shape index (κ2) is 13.2. The van der Waals surface area contributed by atoms with Gasteiger partial charge in [0.25, 0.3) is 0 Å². The number of aliphatic carboxylic acids is 1. The number of carboxylic acid groups (broad SMARTS) is 1. The van der Waals surface area contributed by atoms with Gasteiger partial charge in [0.2, 0.25) is 23.6 Å². The topological polar surface area (TPSA) is 222 Å². The Kier molecular flexibility index (Phi) is 11.1. The second-order valence-corrected chi connectivity index (χ2v) is 7.56. The molecule has 0 spiro atoms. The number of carboxylic acids is 1. The number of nitrogens with zero attached hydrogens (tertiary/aromatic N) is 1. The predicted octanol–water partition coefficient (Wildman–Crippen LogP) is -2.92. The minimum atomic E-state index is -1.39. The number of primary amides is 1. The zero-order valence-corrected chi connectivity index (χ0v) is 17.7. The molecule has 0 aliphatic rings. The maximum absolute atomic E-state index is 12.4. The van der Waals surface area contributed by atoms with Crippen molar-refractivity contribution in [2.45, 2.75) is 37.4 Å². The van der Waals surface area contributed by atoms with E-state index in [4.69, 9.17) is 11.5 Å². The van der Waals surface area contributed by atoms with Crippen molar-refractivity contribution in [3.05, 3.63) is 18.2 Å². The molecule has 1 aromatic rings. The van der Waals surface area contributed by atoms with Gasteiger partial charge in [-0.05, 0) is 18.4 Å². The zero-order valence-electron chi connectivity index (χ0n) is 16.9. The van der Waals surface area contributed by atoms with Crippen LogP contribution in [0.2, 0.25) is 0 Å². The summed E-state index contributed by atoms with van der Waals surface area (Å²) in [6, 6.07) is -3.52. The average Bonchev–Trinajstić information content (AvgIpc) is 3.20. The molecule has 3 atom stereocenters. The molecule has 0 aliphatic heterocycles. The van der Waals surface area contributed by atoms with E-state index in [2.05, 4.69) is 25.9 Å². The number of nitrogens with one attached hydrogen (secondary N) is 4. The quantitative estimate of drug-likeness (QED) is 0.152. The number of H-pyrrole nitrogens is 1. The highest BCUT2D eigenvalue weighted by Crippen LogP contribution is 2.03. The van der Waals surface area contributed by atoms with E-state index in [9.17, 15) is 29.1 Å². The fraction of sp³-hybridized carbons (Fsp3) is 0.529. The Bertz CT molecular complexity index is 773. The molecule has 1 rings (SSSR count). The smallest absolute Gasteiger partial charge is 0.326 e. The van der Waals surface area contributed by atoms with Crippen LogP contribution in [0.5, 0.6) is 0 Å². The Morgan fingerprint density at radius 1 is 1.19 bits per heavy atom. The summed E-state index contributed by atoms with van der Waals surface area (Å²) in [6.07, 6.45) is 4.52. The third kappa shape index (κ3) is 9.95. The van der Waals surface area contributed by atoms with Gasteiger partial charge >= 0.3 is 5.97 Å². The summed E-state index contributed by atoms with van der Waals surface area (Å²) in [5, 5.41) is 16.1. The highest BCUT2D eigenvalue weighted by molar-refractivity contribution is 7.98. The number of nitrogens with two attached hydrogens (primary N) is 2. The molecule has 14 heteroatoms. The van der Waals surface area contributed by atoms with Crippen LogP contribution < -0.4 is 27.4 Å². The molecule has 0 fully saturated rings. The van der Waals surface area contributed by atoms with Crippen LogP contribution in [0.25, 0.3) is 0 Å². The first-order valence-electron chi connectivity index (χ1n) is 9.24. The number of rotatable bonds is 14. The normalized spacial score (nSPS) is 13.5. The van der Waals surface area contributed by atoms with Gasteiger partial charge in [-0.2, -0.15) is 11.8 Å². The van der Waals surface area contributed by atoms with Crippen molar-refractivity contribution in [3.8, 4) is 0 Å². The molecule has 0 bridgehead atoms. The summed E-state index contributed by atoms with van der Waals surface area (Å²) in [4.78, 5) is 65.7. The average molecular weight is 458 g/mol. The third-order valence-electron chi connectivity index (χ3n) is 4.04. The Morgan fingerprint density at radius 2 is 1.90 bits per heavy atom. The van der Waals surface area contributed by atoms with E-state index in [0.29, 0.717) is 11.4 Å². The molecule has 1 heterocycles. The summed E-state index contributed by atoms with van der Waals surface area (Å²) < 4.78 is 0. The molecule has 3 unspecified atom stereocenters. The van der Waals surface area contributed by atoms with Crippen LogP contribution in [-0.4, -0.2) is 81.4 Å². The van der Waals surface area contributed by atoms with Crippen LogP contribution >= 0.6 is 11.8 Å². The first-order chi connectivity index (χ1) is 14.6. The number of imidazole rings is 1. The summed E-state index contributed by atoms with van der Waals surface area (Å²) in [5.41, 5.74) is 11.5. The fourth-order valence-electron chi connectivity index (χ4n) is 2.45. The lowest BCUT2D eigenvalue weighted by Crippen LogP contribution is -2.54. The van der Waals surface area contributed by atoms with Crippen LogP contribution in [0.4, 0.5) is 0 Å². The Labute approximate surface area is 182 Å². The highest BCUT2D eigenvalue weighted by Gasteiger charge is 2.28. The van der Waals surface area contributed by atoms with Gasteiger partial charge in [0.15, 0.2) is 0 Å². The van der Waals surface area contributed by atoms with E-state index in [1.54, 1.807) is 6.26 Å². The van der Waals surface area contributed by atoms with Gasteiger partial charge in [0, 0.05) is 18.3 Å². The van der Waals surface area contributed by atoms with Gasteiger partial charge in [-0.25, -0.2) is 9.78 Å². The number of amides is 4. The summed E-state index contributed by atoms with van der Waals surface area (Å²) in [7, 11) is 0. The van der Waals surface area contributed by atoms with Crippen LogP contribution in [0.15, 0.2) is 12.5 Å². The number of hydrogen-bond donors (Lipinski definition) is 7. The lowest BCUT2D eigenvalue weighted by molar-refractivity contribution is -0.142. The van der Waals surface area contributed by atoms with Gasteiger partial charge in [-0.3, -0.25) is 19.2 Å². The van der Waals surface area contributed by atoms with E-state index < -0.39 is 60.7 Å². The lowest BCUT2D eigenvalue weighted by atomic mass is 10.1. The number of thioether (sulfide) groups is 1. The SMILES string of the molecule is CSCCC(NC(=O)C(CC(N)=O)NC(=O)CNC(=O)C(N)Cc1cnc[nH]1)C(=O)O. The van der Waals surface area contributed by atoms with Gasteiger partial charge in [-0.1, -0.05) is 0 Å². The monoisotopic (exact) mass is 457 g/mol. The second-order valence-electron chi connectivity index (χ2n) is 6.58. The molecule has 172 valence electrons. The first kappa shape index (κ1) is 25.9. The molecule has 31 heavy (non-hydrogen) atoms. The maximum atomic E-state index is 12.4. The van der Waals surface area contributed by atoms with Crippen LogP contribution in [-0.2, 0) is 30.4 Å². The van der Waals surface area contributed by atoms with E-state index in [1.165, 1.54) is 24.3 Å². The molecule has 1 aromatic heterocycles. The molecule has 0 saturated carbocycles. The van der Waals surface area contributed by atoms with Crippen molar-refractivity contribution in [3.63, 3.8) is 0 Å². The van der Waals surface area contributed by atoms with Crippen molar-refractivity contribution in [1.29, 1.82) is 0 Å². The van der Waals surface area contributed by atoms with Crippen molar-refractivity contribution >= 4 is 41.4 Å². The van der Waals surface area contributed by atoms with Crippen molar-refractivity contribution < 1.29 is 29.1 Å². The molecule has 4 amide bonds. The summed E-state index contributed by atoms with van der Waals surface area (Å²) in [6.45, 7) is -0.507. The minimum Gasteiger partial charge on any atom is -0.480 e. The molecular formula is C17H27N7O6S. The molecule has 0 radical (unpaired) electrons.